The van der Waals surface area contributed by atoms with Crippen LogP contribution in [0, 0.1) is 0 Å². The molecule has 0 bridgehead atoms. The van der Waals surface area contributed by atoms with Gasteiger partial charge in [0.05, 0.1) is 0 Å². The summed E-state index contributed by atoms with van der Waals surface area (Å²) in [7, 11) is 1.86. The maximum absolute atomic E-state index is 12.4. The van der Waals surface area contributed by atoms with E-state index < -0.39 is 0 Å². The fourth-order valence-corrected chi connectivity index (χ4v) is 3.06. The molecular weight excluding hydrogens is 283 g/mol. The molecule has 1 saturated carbocycles. The molecule has 0 radical (unpaired) electrons. The summed E-state index contributed by atoms with van der Waals surface area (Å²) in [6.07, 6.45) is 7.08. The highest BCUT2D eigenvalue weighted by molar-refractivity contribution is 6.33. The van der Waals surface area contributed by atoms with Crippen molar-refractivity contribution in [2.24, 2.45) is 0 Å². The van der Waals surface area contributed by atoms with E-state index in [1.807, 2.05) is 11.9 Å². The van der Waals surface area contributed by atoms with Gasteiger partial charge < -0.3 is 4.90 Å². The van der Waals surface area contributed by atoms with Gasteiger partial charge in [-0.05, 0) is 25.0 Å². The van der Waals surface area contributed by atoms with E-state index in [0.29, 0.717) is 11.6 Å². The molecule has 1 heterocycles. The number of pyridine rings is 1. The summed E-state index contributed by atoms with van der Waals surface area (Å²) < 4.78 is 0. The van der Waals surface area contributed by atoms with Crippen LogP contribution < -0.4 is 0 Å². The van der Waals surface area contributed by atoms with Gasteiger partial charge >= 0.3 is 0 Å². The smallest absolute Gasteiger partial charge is 0.254 e. The van der Waals surface area contributed by atoms with Crippen molar-refractivity contribution < 1.29 is 4.79 Å². The summed E-state index contributed by atoms with van der Waals surface area (Å²) in [5.41, 5.74) is 0.511. The highest BCUT2D eigenvalue weighted by Crippen LogP contribution is 2.23. The second-order valence-electron chi connectivity index (χ2n) is 5.06. The Balaban J connectivity index is 2.13. The van der Waals surface area contributed by atoms with Crippen molar-refractivity contribution in [3.05, 3.63) is 28.0 Å². The lowest BCUT2D eigenvalue weighted by atomic mass is 10.1. The molecule has 3 nitrogen and oxygen atoms in total. The van der Waals surface area contributed by atoms with E-state index in [-0.39, 0.29) is 16.2 Å². The first-order valence-corrected chi connectivity index (χ1v) is 7.44. The summed E-state index contributed by atoms with van der Waals surface area (Å²) in [4.78, 5) is 18.1. The molecule has 0 saturated heterocycles. The molecule has 0 unspecified atom stereocenters. The minimum atomic E-state index is -0.0295. The Morgan fingerprint density at radius 3 is 2.21 bits per heavy atom. The van der Waals surface area contributed by atoms with E-state index in [4.69, 9.17) is 23.2 Å². The Kier molecular flexibility index (Phi) is 5.06. The number of nitrogens with zero attached hydrogens (tertiary/aromatic N) is 2. The molecule has 104 valence electrons. The first-order valence-electron chi connectivity index (χ1n) is 6.68. The second-order valence-corrected chi connectivity index (χ2v) is 5.84. The number of amides is 1. The second kappa shape index (κ2) is 6.58. The van der Waals surface area contributed by atoms with Crippen molar-refractivity contribution in [2.45, 2.75) is 44.6 Å². The first kappa shape index (κ1) is 14.6. The molecule has 0 atom stereocenters. The van der Waals surface area contributed by atoms with Gasteiger partial charge in [0.25, 0.3) is 5.91 Å². The number of aromatic nitrogens is 1. The van der Waals surface area contributed by atoms with Crippen molar-refractivity contribution in [1.29, 1.82) is 0 Å². The third-order valence-corrected chi connectivity index (χ3v) is 4.09. The Morgan fingerprint density at radius 2 is 1.68 bits per heavy atom. The Labute approximate surface area is 123 Å². The number of hydrogen-bond acceptors (Lipinski definition) is 2. The quantitative estimate of drug-likeness (QED) is 0.606. The Morgan fingerprint density at radius 1 is 1.16 bits per heavy atom. The minimum Gasteiger partial charge on any atom is -0.339 e. The molecule has 0 aromatic carbocycles. The normalized spacial score (nSPS) is 17.0. The van der Waals surface area contributed by atoms with E-state index >= 15 is 0 Å². The van der Waals surface area contributed by atoms with Crippen molar-refractivity contribution in [3.8, 4) is 0 Å². The van der Waals surface area contributed by atoms with Crippen molar-refractivity contribution in [2.75, 3.05) is 7.05 Å². The monoisotopic (exact) mass is 300 g/mol. The third-order valence-electron chi connectivity index (χ3n) is 3.70. The van der Waals surface area contributed by atoms with E-state index in [1.165, 1.54) is 25.7 Å². The van der Waals surface area contributed by atoms with Crippen LogP contribution in [0.25, 0.3) is 0 Å². The van der Waals surface area contributed by atoms with E-state index in [2.05, 4.69) is 4.98 Å². The summed E-state index contributed by atoms with van der Waals surface area (Å²) in [5, 5.41) is 0.509. The van der Waals surface area contributed by atoms with Crippen molar-refractivity contribution in [3.63, 3.8) is 0 Å². The van der Waals surface area contributed by atoms with E-state index in [1.54, 1.807) is 12.1 Å². The number of rotatable bonds is 2. The Bertz CT molecular complexity index is 437. The van der Waals surface area contributed by atoms with Crippen LogP contribution in [0.5, 0.6) is 0 Å². The van der Waals surface area contributed by atoms with Gasteiger partial charge in [-0.1, -0.05) is 48.9 Å². The highest BCUT2D eigenvalue weighted by atomic mass is 35.5. The summed E-state index contributed by atoms with van der Waals surface area (Å²) in [6.45, 7) is 0. The molecule has 0 N–H and O–H groups in total. The first-order chi connectivity index (χ1) is 9.08. The molecule has 5 heteroatoms. The zero-order valence-electron chi connectivity index (χ0n) is 11.0. The lowest BCUT2D eigenvalue weighted by Gasteiger charge is -2.27. The zero-order chi connectivity index (χ0) is 13.8. The van der Waals surface area contributed by atoms with Crippen LogP contribution in [0.3, 0.4) is 0 Å². The van der Waals surface area contributed by atoms with Gasteiger partial charge in [-0.25, -0.2) is 4.98 Å². The summed E-state index contributed by atoms with van der Waals surface area (Å²) in [6, 6.07) is 3.46. The van der Waals surface area contributed by atoms with Crippen LogP contribution in [-0.4, -0.2) is 28.9 Å². The summed E-state index contributed by atoms with van der Waals surface area (Å²) in [5.74, 6) is -0.0295. The van der Waals surface area contributed by atoms with Gasteiger partial charge in [-0.2, -0.15) is 0 Å². The summed E-state index contributed by atoms with van der Waals surface area (Å²) >= 11 is 11.7. The lowest BCUT2D eigenvalue weighted by Crippen LogP contribution is -2.36. The van der Waals surface area contributed by atoms with Crippen LogP contribution in [0.15, 0.2) is 12.1 Å². The maximum Gasteiger partial charge on any atom is 0.254 e. The molecule has 1 amide bonds. The van der Waals surface area contributed by atoms with Gasteiger partial charge in [0.15, 0.2) is 0 Å². The molecule has 1 aliphatic rings. The fourth-order valence-electron chi connectivity index (χ4n) is 2.60. The predicted octanol–water partition coefficient (Wildman–Crippen LogP) is 4.18. The van der Waals surface area contributed by atoms with Crippen LogP contribution >= 0.6 is 23.2 Å². The van der Waals surface area contributed by atoms with Crippen LogP contribution in [0.1, 0.15) is 48.9 Å². The number of halogens is 2. The number of carbonyl (C=O) groups excluding carboxylic acids is 1. The average Bonchev–Trinajstić information content (AvgIpc) is 2.64. The average molecular weight is 301 g/mol. The standard InChI is InChI=1S/C14H18Cl2N2O/c1-18(11-6-4-2-3-5-7-11)14(19)10-8-12(15)17-13(16)9-10/h8-9,11H,2-7H2,1H3. The van der Waals surface area contributed by atoms with Crippen molar-refractivity contribution in [1.82, 2.24) is 9.88 Å². The fraction of sp³-hybridized carbons (Fsp3) is 0.571. The molecule has 2 rings (SSSR count). The largest absolute Gasteiger partial charge is 0.339 e. The molecule has 1 fully saturated rings. The third kappa shape index (κ3) is 3.83. The molecule has 0 spiro atoms. The molecular formula is C14H18Cl2N2O. The van der Waals surface area contributed by atoms with Crippen LogP contribution in [0.4, 0.5) is 0 Å². The molecule has 1 aromatic heterocycles. The lowest BCUT2D eigenvalue weighted by molar-refractivity contribution is 0.0717. The molecule has 1 aliphatic carbocycles. The van der Waals surface area contributed by atoms with E-state index in [0.717, 1.165) is 12.8 Å². The number of carbonyl (C=O) groups is 1. The topological polar surface area (TPSA) is 33.2 Å². The van der Waals surface area contributed by atoms with Gasteiger partial charge in [0, 0.05) is 18.7 Å². The van der Waals surface area contributed by atoms with Gasteiger partial charge in [0.2, 0.25) is 0 Å². The van der Waals surface area contributed by atoms with Gasteiger partial charge in [-0.15, -0.1) is 0 Å². The van der Waals surface area contributed by atoms with E-state index in [9.17, 15) is 4.79 Å². The zero-order valence-corrected chi connectivity index (χ0v) is 12.5. The molecule has 1 aromatic rings. The molecule has 19 heavy (non-hydrogen) atoms. The SMILES string of the molecule is CN(C(=O)c1cc(Cl)nc(Cl)c1)C1CCCCCC1. The predicted molar refractivity (Wildman–Crippen MR) is 77.8 cm³/mol. The maximum atomic E-state index is 12.4. The van der Waals surface area contributed by atoms with Crippen LogP contribution in [-0.2, 0) is 0 Å². The van der Waals surface area contributed by atoms with Crippen LogP contribution in [0.2, 0.25) is 10.3 Å². The highest BCUT2D eigenvalue weighted by Gasteiger charge is 2.22. The van der Waals surface area contributed by atoms with Crippen molar-refractivity contribution >= 4 is 29.1 Å². The van der Waals surface area contributed by atoms with Gasteiger partial charge in [-0.3, -0.25) is 4.79 Å². The Hall–Kier alpha value is -0.800. The van der Waals surface area contributed by atoms with Gasteiger partial charge in [0.1, 0.15) is 10.3 Å². The molecule has 0 aliphatic heterocycles. The minimum absolute atomic E-state index is 0.0295. The number of hydrogen-bond donors (Lipinski definition) is 0.